The van der Waals surface area contributed by atoms with Gasteiger partial charge < -0.3 is 0 Å². The van der Waals surface area contributed by atoms with Crippen molar-refractivity contribution < 1.29 is 9.59 Å². The topological polar surface area (TPSA) is 37.4 Å². The van der Waals surface area contributed by atoms with E-state index >= 15 is 0 Å². The molecule has 0 N–H and O–H groups in total. The first-order chi connectivity index (χ1) is 11.1. The smallest absolute Gasteiger partial charge is 0.270 e. The number of thiocarbonyl (C=S) groups is 1. The van der Waals surface area contributed by atoms with E-state index < -0.39 is 0 Å². The SMILES string of the molecule is O=Cc1ccc(/C=C2\SC(=S)N(c3cccc(Br)c3)C2=O)cc1. The molecule has 0 aromatic heterocycles. The van der Waals surface area contributed by atoms with Crippen LogP contribution < -0.4 is 4.90 Å². The van der Waals surface area contributed by atoms with Crippen molar-refractivity contribution in [3.63, 3.8) is 0 Å². The number of thioether (sulfide) groups is 1. The van der Waals surface area contributed by atoms with Crippen LogP contribution in [-0.2, 0) is 4.79 Å². The van der Waals surface area contributed by atoms with Crippen LogP contribution in [0.4, 0.5) is 5.69 Å². The fourth-order valence-electron chi connectivity index (χ4n) is 2.13. The summed E-state index contributed by atoms with van der Waals surface area (Å²) in [7, 11) is 0. The number of hydrogen-bond acceptors (Lipinski definition) is 4. The van der Waals surface area contributed by atoms with E-state index in [-0.39, 0.29) is 5.91 Å². The van der Waals surface area contributed by atoms with E-state index in [2.05, 4.69) is 15.9 Å². The Morgan fingerprint density at radius 2 is 1.78 bits per heavy atom. The highest BCUT2D eigenvalue weighted by atomic mass is 79.9. The second-order valence-electron chi connectivity index (χ2n) is 4.78. The highest BCUT2D eigenvalue weighted by Gasteiger charge is 2.33. The number of amides is 1. The molecule has 1 amide bonds. The van der Waals surface area contributed by atoms with E-state index in [1.54, 1.807) is 30.3 Å². The Balaban J connectivity index is 1.91. The van der Waals surface area contributed by atoms with Crippen LogP contribution in [0.2, 0.25) is 0 Å². The second kappa shape index (κ2) is 6.78. The third kappa shape index (κ3) is 3.44. The minimum Gasteiger partial charge on any atom is -0.298 e. The third-order valence-electron chi connectivity index (χ3n) is 3.23. The predicted molar refractivity (Wildman–Crippen MR) is 102 cm³/mol. The summed E-state index contributed by atoms with van der Waals surface area (Å²) in [5.41, 5.74) is 2.19. The van der Waals surface area contributed by atoms with Crippen LogP contribution in [0.1, 0.15) is 15.9 Å². The average molecular weight is 404 g/mol. The van der Waals surface area contributed by atoms with Crippen LogP contribution in [0, 0.1) is 0 Å². The molecule has 0 aliphatic carbocycles. The third-order valence-corrected chi connectivity index (χ3v) is 5.03. The van der Waals surface area contributed by atoms with Gasteiger partial charge in [-0.05, 0) is 29.8 Å². The first kappa shape index (κ1) is 16.1. The van der Waals surface area contributed by atoms with Gasteiger partial charge in [0.25, 0.3) is 5.91 Å². The molecule has 1 aliphatic heterocycles. The molecule has 1 fully saturated rings. The van der Waals surface area contributed by atoms with Gasteiger partial charge in [0.2, 0.25) is 0 Å². The Kier molecular flexibility index (Phi) is 4.75. The van der Waals surface area contributed by atoms with Gasteiger partial charge in [-0.2, -0.15) is 0 Å². The van der Waals surface area contributed by atoms with Gasteiger partial charge in [-0.1, -0.05) is 70.2 Å². The van der Waals surface area contributed by atoms with Crippen molar-refractivity contribution >= 4 is 68.2 Å². The summed E-state index contributed by atoms with van der Waals surface area (Å²) in [5, 5.41) is 0. The molecule has 0 saturated carbocycles. The second-order valence-corrected chi connectivity index (χ2v) is 7.37. The Labute approximate surface area is 151 Å². The van der Waals surface area contributed by atoms with Crippen LogP contribution >= 0.6 is 39.9 Å². The number of rotatable bonds is 3. The minimum absolute atomic E-state index is 0.141. The summed E-state index contributed by atoms with van der Waals surface area (Å²) in [6.45, 7) is 0. The molecule has 0 unspecified atom stereocenters. The van der Waals surface area contributed by atoms with Crippen molar-refractivity contribution in [1.82, 2.24) is 0 Å². The number of anilines is 1. The van der Waals surface area contributed by atoms with E-state index in [4.69, 9.17) is 12.2 Å². The molecule has 0 spiro atoms. The number of carbonyl (C=O) groups excluding carboxylic acids is 2. The lowest BCUT2D eigenvalue weighted by Crippen LogP contribution is -2.27. The quantitative estimate of drug-likeness (QED) is 0.424. The molecule has 3 nitrogen and oxygen atoms in total. The number of aldehydes is 1. The van der Waals surface area contributed by atoms with E-state index in [1.807, 2.05) is 24.3 Å². The van der Waals surface area contributed by atoms with Gasteiger partial charge in [-0.15, -0.1) is 0 Å². The number of carbonyl (C=O) groups is 2. The van der Waals surface area contributed by atoms with Crippen LogP contribution in [0.15, 0.2) is 57.9 Å². The van der Waals surface area contributed by atoms with Crippen LogP contribution in [0.25, 0.3) is 6.08 Å². The molecule has 0 radical (unpaired) electrons. The monoisotopic (exact) mass is 403 g/mol. The number of hydrogen-bond donors (Lipinski definition) is 0. The van der Waals surface area contributed by atoms with Gasteiger partial charge in [0.15, 0.2) is 4.32 Å². The molecule has 6 heteroatoms. The molecule has 0 atom stereocenters. The van der Waals surface area contributed by atoms with Crippen molar-refractivity contribution in [2.75, 3.05) is 4.90 Å². The van der Waals surface area contributed by atoms with E-state index in [9.17, 15) is 9.59 Å². The van der Waals surface area contributed by atoms with Gasteiger partial charge in [-0.3, -0.25) is 14.5 Å². The maximum Gasteiger partial charge on any atom is 0.270 e. The largest absolute Gasteiger partial charge is 0.298 e. The minimum atomic E-state index is -0.141. The van der Waals surface area contributed by atoms with Gasteiger partial charge in [0, 0.05) is 10.0 Å². The number of nitrogens with zero attached hydrogens (tertiary/aromatic N) is 1. The number of benzene rings is 2. The molecule has 1 aliphatic rings. The van der Waals surface area contributed by atoms with E-state index in [1.165, 1.54) is 16.7 Å². The zero-order valence-electron chi connectivity index (χ0n) is 11.7. The molecular formula is C17H10BrNO2S2. The van der Waals surface area contributed by atoms with Crippen molar-refractivity contribution in [3.8, 4) is 0 Å². The van der Waals surface area contributed by atoms with E-state index in [0.717, 1.165) is 22.0 Å². The van der Waals surface area contributed by atoms with Crippen molar-refractivity contribution in [1.29, 1.82) is 0 Å². The summed E-state index contributed by atoms with van der Waals surface area (Å²) >= 11 is 10.0. The van der Waals surface area contributed by atoms with Crippen molar-refractivity contribution in [3.05, 3.63) is 69.0 Å². The lowest BCUT2D eigenvalue weighted by molar-refractivity contribution is -0.113. The summed E-state index contributed by atoms with van der Waals surface area (Å²) in [5.74, 6) is -0.141. The highest BCUT2D eigenvalue weighted by molar-refractivity contribution is 9.10. The van der Waals surface area contributed by atoms with Crippen molar-refractivity contribution in [2.45, 2.75) is 0 Å². The molecule has 1 heterocycles. The number of halogens is 1. The Bertz CT molecular complexity index is 831. The maximum atomic E-state index is 12.6. The molecule has 23 heavy (non-hydrogen) atoms. The van der Waals surface area contributed by atoms with Crippen LogP contribution in [-0.4, -0.2) is 16.5 Å². The van der Waals surface area contributed by atoms with Gasteiger partial charge in [-0.25, -0.2) is 0 Å². The molecule has 2 aromatic carbocycles. The Hall–Kier alpha value is -1.76. The predicted octanol–water partition coefficient (Wildman–Crippen LogP) is 4.67. The molecule has 114 valence electrons. The van der Waals surface area contributed by atoms with Crippen LogP contribution in [0.3, 0.4) is 0 Å². The Morgan fingerprint density at radius 3 is 2.43 bits per heavy atom. The van der Waals surface area contributed by atoms with E-state index in [0.29, 0.717) is 14.8 Å². The first-order valence-electron chi connectivity index (χ1n) is 6.67. The molecular weight excluding hydrogens is 394 g/mol. The fourth-order valence-corrected chi connectivity index (χ4v) is 3.81. The van der Waals surface area contributed by atoms with Crippen molar-refractivity contribution in [2.24, 2.45) is 0 Å². The molecule has 0 bridgehead atoms. The standard InChI is InChI=1S/C17H10BrNO2S2/c18-13-2-1-3-14(9-13)19-16(21)15(23-17(19)22)8-11-4-6-12(10-20)7-5-11/h1-10H/b15-8-. The summed E-state index contributed by atoms with van der Waals surface area (Å²) in [6.07, 6.45) is 2.57. The zero-order chi connectivity index (χ0) is 16.4. The first-order valence-corrected chi connectivity index (χ1v) is 8.69. The lowest BCUT2D eigenvalue weighted by atomic mass is 10.1. The van der Waals surface area contributed by atoms with Gasteiger partial charge in [0.05, 0.1) is 10.6 Å². The van der Waals surface area contributed by atoms with Gasteiger partial charge in [0.1, 0.15) is 6.29 Å². The average Bonchev–Trinajstić information content (AvgIpc) is 2.82. The fraction of sp³-hybridized carbons (Fsp3) is 0. The van der Waals surface area contributed by atoms with Crippen LogP contribution in [0.5, 0.6) is 0 Å². The normalized spacial score (nSPS) is 16.2. The molecule has 3 rings (SSSR count). The summed E-state index contributed by atoms with van der Waals surface area (Å²) < 4.78 is 1.39. The summed E-state index contributed by atoms with van der Waals surface area (Å²) in [4.78, 5) is 25.4. The summed E-state index contributed by atoms with van der Waals surface area (Å²) in [6, 6.07) is 14.5. The molecule has 1 saturated heterocycles. The maximum absolute atomic E-state index is 12.6. The zero-order valence-corrected chi connectivity index (χ0v) is 15.0. The highest BCUT2D eigenvalue weighted by Crippen LogP contribution is 2.36. The molecule has 2 aromatic rings. The van der Waals surface area contributed by atoms with Gasteiger partial charge >= 0.3 is 0 Å². The lowest BCUT2D eigenvalue weighted by Gasteiger charge is -2.14. The Morgan fingerprint density at radius 1 is 1.09 bits per heavy atom.